The normalized spacial score (nSPS) is 11.9. The Kier molecular flexibility index (Phi) is 5.90. The van der Waals surface area contributed by atoms with Gasteiger partial charge in [0.25, 0.3) is 0 Å². The van der Waals surface area contributed by atoms with Gasteiger partial charge in [-0.05, 0) is 25.0 Å². The first-order valence-electron chi connectivity index (χ1n) is 5.78. The fourth-order valence-electron chi connectivity index (χ4n) is 1.50. The van der Waals surface area contributed by atoms with E-state index in [0.29, 0.717) is 18.1 Å². The first kappa shape index (κ1) is 13.9. The number of rotatable bonds is 6. The Balaban J connectivity index is 2.81. The number of terminal acetylenes is 1. The molecule has 0 amide bonds. The average Bonchev–Trinajstić information content (AvgIpc) is 2.33. The monoisotopic (exact) mass is 251 g/mol. The molecule has 17 heavy (non-hydrogen) atoms. The van der Waals surface area contributed by atoms with Crippen LogP contribution < -0.4 is 10.5 Å². The highest BCUT2D eigenvalue weighted by Gasteiger charge is 2.11. The molecule has 0 spiro atoms. The molecule has 1 atom stereocenters. The van der Waals surface area contributed by atoms with Gasteiger partial charge < -0.3 is 10.5 Å². The SMILES string of the molecule is C#CCCOc1cccc(Cl)c1CC(N)CC. The lowest BCUT2D eigenvalue weighted by Gasteiger charge is -2.15. The molecular formula is C14H18ClNO. The molecule has 0 saturated heterocycles. The van der Waals surface area contributed by atoms with E-state index in [4.69, 9.17) is 28.5 Å². The quantitative estimate of drug-likeness (QED) is 0.623. The minimum atomic E-state index is 0.102. The Morgan fingerprint density at radius 2 is 2.29 bits per heavy atom. The van der Waals surface area contributed by atoms with Crippen molar-refractivity contribution in [2.45, 2.75) is 32.2 Å². The van der Waals surface area contributed by atoms with Crippen LogP contribution in [0.3, 0.4) is 0 Å². The van der Waals surface area contributed by atoms with Gasteiger partial charge in [-0.25, -0.2) is 0 Å². The van der Waals surface area contributed by atoms with E-state index in [1.54, 1.807) is 0 Å². The number of hydrogen-bond donors (Lipinski definition) is 1. The molecule has 0 aromatic heterocycles. The maximum atomic E-state index is 6.17. The third-order valence-corrected chi connectivity index (χ3v) is 2.92. The molecule has 1 unspecified atom stereocenters. The van der Waals surface area contributed by atoms with Crippen LogP contribution in [0.15, 0.2) is 18.2 Å². The van der Waals surface area contributed by atoms with Crippen molar-refractivity contribution < 1.29 is 4.74 Å². The molecule has 0 aliphatic rings. The fourth-order valence-corrected chi connectivity index (χ4v) is 1.74. The number of hydrogen-bond acceptors (Lipinski definition) is 2. The average molecular weight is 252 g/mol. The number of ether oxygens (including phenoxy) is 1. The Morgan fingerprint density at radius 1 is 1.53 bits per heavy atom. The fraction of sp³-hybridized carbons (Fsp3) is 0.429. The van der Waals surface area contributed by atoms with Crippen LogP contribution in [0, 0.1) is 12.3 Å². The minimum absolute atomic E-state index is 0.102. The predicted octanol–water partition coefficient (Wildman–Crippen LogP) is 3.02. The van der Waals surface area contributed by atoms with Crippen molar-refractivity contribution in [1.82, 2.24) is 0 Å². The molecule has 0 saturated carbocycles. The summed E-state index contributed by atoms with van der Waals surface area (Å²) >= 11 is 6.17. The second-order valence-electron chi connectivity index (χ2n) is 3.89. The molecule has 0 aliphatic heterocycles. The van der Waals surface area contributed by atoms with E-state index in [9.17, 15) is 0 Å². The van der Waals surface area contributed by atoms with E-state index >= 15 is 0 Å². The van der Waals surface area contributed by atoms with Crippen molar-refractivity contribution in [3.63, 3.8) is 0 Å². The van der Waals surface area contributed by atoms with E-state index in [0.717, 1.165) is 24.2 Å². The summed E-state index contributed by atoms with van der Waals surface area (Å²) in [5, 5.41) is 0.701. The van der Waals surface area contributed by atoms with Crippen LogP contribution in [0.1, 0.15) is 25.3 Å². The third kappa shape index (κ3) is 4.30. The highest BCUT2D eigenvalue weighted by Crippen LogP contribution is 2.28. The molecule has 0 heterocycles. The first-order valence-corrected chi connectivity index (χ1v) is 6.16. The van der Waals surface area contributed by atoms with Crippen LogP contribution >= 0.6 is 11.6 Å². The standard InChI is InChI=1S/C14H18ClNO/c1-3-5-9-17-14-8-6-7-13(15)12(14)10-11(16)4-2/h1,6-8,11H,4-5,9-10,16H2,2H3. The largest absolute Gasteiger partial charge is 0.492 e. The van der Waals surface area contributed by atoms with Crippen LogP contribution in [0.5, 0.6) is 5.75 Å². The van der Waals surface area contributed by atoms with E-state index in [-0.39, 0.29) is 6.04 Å². The molecule has 1 aromatic carbocycles. The third-order valence-electron chi connectivity index (χ3n) is 2.57. The molecule has 92 valence electrons. The molecule has 0 aliphatic carbocycles. The first-order chi connectivity index (χ1) is 8.19. The van der Waals surface area contributed by atoms with E-state index in [1.165, 1.54) is 0 Å². The lowest BCUT2D eigenvalue weighted by Crippen LogP contribution is -2.22. The number of nitrogens with two attached hydrogens (primary N) is 1. The smallest absolute Gasteiger partial charge is 0.124 e. The Labute approximate surface area is 108 Å². The van der Waals surface area contributed by atoms with Crippen LogP contribution in [-0.4, -0.2) is 12.6 Å². The van der Waals surface area contributed by atoms with Gasteiger partial charge >= 0.3 is 0 Å². The predicted molar refractivity (Wildman–Crippen MR) is 72.4 cm³/mol. The lowest BCUT2D eigenvalue weighted by atomic mass is 10.0. The van der Waals surface area contributed by atoms with Gasteiger partial charge in [0, 0.05) is 23.0 Å². The Bertz CT molecular complexity index is 398. The van der Waals surface area contributed by atoms with Crippen molar-refractivity contribution in [3.05, 3.63) is 28.8 Å². The molecule has 3 heteroatoms. The number of benzene rings is 1. The van der Waals surface area contributed by atoms with Gasteiger partial charge in [-0.15, -0.1) is 12.3 Å². The highest BCUT2D eigenvalue weighted by atomic mass is 35.5. The Morgan fingerprint density at radius 3 is 2.94 bits per heavy atom. The van der Waals surface area contributed by atoms with Crippen molar-refractivity contribution in [2.24, 2.45) is 5.73 Å². The highest BCUT2D eigenvalue weighted by molar-refractivity contribution is 6.31. The van der Waals surface area contributed by atoms with E-state index < -0.39 is 0 Å². The van der Waals surface area contributed by atoms with Crippen molar-refractivity contribution in [1.29, 1.82) is 0 Å². The topological polar surface area (TPSA) is 35.2 Å². The molecule has 1 rings (SSSR count). The summed E-state index contributed by atoms with van der Waals surface area (Å²) in [7, 11) is 0. The molecule has 0 radical (unpaired) electrons. The van der Waals surface area contributed by atoms with Crippen molar-refractivity contribution in [2.75, 3.05) is 6.61 Å². The summed E-state index contributed by atoms with van der Waals surface area (Å²) in [5.41, 5.74) is 6.92. The summed E-state index contributed by atoms with van der Waals surface area (Å²) in [6, 6.07) is 5.73. The summed E-state index contributed by atoms with van der Waals surface area (Å²) < 4.78 is 5.62. The second kappa shape index (κ2) is 7.21. The van der Waals surface area contributed by atoms with Crippen LogP contribution in [0.2, 0.25) is 5.02 Å². The minimum Gasteiger partial charge on any atom is -0.492 e. The zero-order chi connectivity index (χ0) is 12.7. The molecule has 2 N–H and O–H groups in total. The van der Waals surface area contributed by atoms with Gasteiger partial charge in [-0.3, -0.25) is 0 Å². The zero-order valence-electron chi connectivity index (χ0n) is 10.1. The summed E-state index contributed by atoms with van der Waals surface area (Å²) in [4.78, 5) is 0. The molecule has 1 aromatic rings. The van der Waals surface area contributed by atoms with Gasteiger partial charge in [0.15, 0.2) is 0 Å². The van der Waals surface area contributed by atoms with Gasteiger partial charge in [0.2, 0.25) is 0 Å². The maximum Gasteiger partial charge on any atom is 0.124 e. The zero-order valence-corrected chi connectivity index (χ0v) is 10.8. The summed E-state index contributed by atoms with van der Waals surface area (Å²) in [6.45, 7) is 2.56. The summed E-state index contributed by atoms with van der Waals surface area (Å²) in [6.07, 6.45) is 7.41. The van der Waals surface area contributed by atoms with E-state index in [2.05, 4.69) is 12.8 Å². The van der Waals surface area contributed by atoms with Crippen LogP contribution in [-0.2, 0) is 6.42 Å². The van der Waals surface area contributed by atoms with Crippen LogP contribution in [0.4, 0.5) is 0 Å². The van der Waals surface area contributed by atoms with Gasteiger partial charge in [-0.1, -0.05) is 24.6 Å². The molecular weight excluding hydrogens is 234 g/mol. The molecule has 0 fully saturated rings. The van der Waals surface area contributed by atoms with Gasteiger partial charge in [-0.2, -0.15) is 0 Å². The van der Waals surface area contributed by atoms with Crippen LogP contribution in [0.25, 0.3) is 0 Å². The van der Waals surface area contributed by atoms with Gasteiger partial charge in [0.05, 0.1) is 6.61 Å². The lowest BCUT2D eigenvalue weighted by molar-refractivity contribution is 0.323. The number of halogens is 1. The maximum absolute atomic E-state index is 6.17. The van der Waals surface area contributed by atoms with Crippen molar-refractivity contribution in [3.8, 4) is 18.1 Å². The molecule has 0 bridgehead atoms. The Hall–Kier alpha value is -1.17. The molecule has 2 nitrogen and oxygen atoms in total. The van der Waals surface area contributed by atoms with E-state index in [1.807, 2.05) is 18.2 Å². The van der Waals surface area contributed by atoms with Gasteiger partial charge in [0.1, 0.15) is 5.75 Å². The second-order valence-corrected chi connectivity index (χ2v) is 4.30. The summed E-state index contributed by atoms with van der Waals surface area (Å²) in [5.74, 6) is 3.33. The van der Waals surface area contributed by atoms with Crippen molar-refractivity contribution >= 4 is 11.6 Å².